The van der Waals surface area contributed by atoms with E-state index in [1.165, 1.54) is 0 Å². The molecule has 0 spiro atoms. The van der Waals surface area contributed by atoms with Crippen LogP contribution in [0.1, 0.15) is 38.7 Å². The molecule has 0 radical (unpaired) electrons. The summed E-state index contributed by atoms with van der Waals surface area (Å²) in [4.78, 5) is 2.04. The lowest BCUT2D eigenvalue weighted by Crippen LogP contribution is -2.36. The first-order valence-electron chi connectivity index (χ1n) is 7.55. The minimum absolute atomic E-state index is 0.173. The zero-order valence-corrected chi connectivity index (χ0v) is 12.4. The number of hydrogen-bond acceptors (Lipinski definition) is 3. The van der Waals surface area contributed by atoms with Gasteiger partial charge in [-0.1, -0.05) is 13.0 Å². The summed E-state index contributed by atoms with van der Waals surface area (Å²) in [6.45, 7) is 6.50. The number of rotatable bonds is 5. The quantitative estimate of drug-likeness (QED) is 0.870. The number of nitrogens with one attached hydrogen (secondary N) is 1. The van der Waals surface area contributed by atoms with Gasteiger partial charge in [0.25, 0.3) is 0 Å². The fourth-order valence-corrected chi connectivity index (χ4v) is 2.45. The van der Waals surface area contributed by atoms with Crippen molar-refractivity contribution in [3.8, 4) is 0 Å². The average Bonchev–Trinajstić information content (AvgIpc) is 2.47. The summed E-state index contributed by atoms with van der Waals surface area (Å²) >= 11 is 0. The van der Waals surface area contributed by atoms with Crippen molar-refractivity contribution in [2.45, 2.75) is 51.8 Å². The van der Waals surface area contributed by atoms with Gasteiger partial charge in [-0.25, -0.2) is 4.39 Å². The number of benzene rings is 1. The number of hydrogen-bond donors (Lipinski definition) is 2. The van der Waals surface area contributed by atoms with E-state index in [2.05, 4.69) is 19.2 Å². The zero-order valence-electron chi connectivity index (χ0n) is 12.4. The van der Waals surface area contributed by atoms with Crippen LogP contribution in [0, 0.1) is 5.82 Å². The Morgan fingerprint density at radius 3 is 2.75 bits per heavy atom. The molecule has 1 heterocycles. The molecule has 4 heteroatoms. The van der Waals surface area contributed by atoms with E-state index in [0.29, 0.717) is 11.7 Å². The van der Waals surface area contributed by atoms with Crippen molar-refractivity contribution < 1.29 is 9.50 Å². The standard InChI is InChI=1S/C16H25FN2O/c1-3-12(2)18-11-13-4-5-15(17)16(10-13)19-8-6-14(20)7-9-19/h4-5,10,12,14,18,20H,3,6-9,11H2,1-2H3. The second kappa shape index (κ2) is 7.04. The van der Waals surface area contributed by atoms with Crippen molar-refractivity contribution in [3.05, 3.63) is 29.6 Å². The third-order valence-corrected chi connectivity index (χ3v) is 4.08. The number of nitrogens with zero attached hydrogens (tertiary/aromatic N) is 1. The zero-order chi connectivity index (χ0) is 14.5. The van der Waals surface area contributed by atoms with Gasteiger partial charge in [-0.2, -0.15) is 0 Å². The van der Waals surface area contributed by atoms with Crippen LogP contribution in [0.2, 0.25) is 0 Å². The Bertz CT molecular complexity index is 430. The number of halogens is 1. The minimum Gasteiger partial charge on any atom is -0.393 e. The molecule has 1 aliphatic rings. The molecule has 0 bridgehead atoms. The van der Waals surface area contributed by atoms with Crippen molar-refractivity contribution >= 4 is 5.69 Å². The van der Waals surface area contributed by atoms with Gasteiger partial charge >= 0.3 is 0 Å². The molecular formula is C16H25FN2O. The first-order chi connectivity index (χ1) is 9.60. The maximum Gasteiger partial charge on any atom is 0.146 e. The Balaban J connectivity index is 2.04. The van der Waals surface area contributed by atoms with E-state index in [0.717, 1.165) is 44.5 Å². The lowest BCUT2D eigenvalue weighted by Gasteiger charge is -2.32. The highest BCUT2D eigenvalue weighted by Crippen LogP contribution is 2.24. The van der Waals surface area contributed by atoms with Crippen molar-refractivity contribution in [3.63, 3.8) is 0 Å². The Labute approximate surface area is 120 Å². The summed E-state index contributed by atoms with van der Waals surface area (Å²) in [5.41, 5.74) is 1.77. The molecule has 1 unspecified atom stereocenters. The van der Waals surface area contributed by atoms with Crippen LogP contribution in [0.15, 0.2) is 18.2 Å². The molecule has 20 heavy (non-hydrogen) atoms. The predicted molar refractivity (Wildman–Crippen MR) is 80.4 cm³/mol. The van der Waals surface area contributed by atoms with E-state index in [9.17, 15) is 9.50 Å². The minimum atomic E-state index is -0.232. The Hall–Kier alpha value is -1.13. The van der Waals surface area contributed by atoms with Crippen LogP contribution in [0.3, 0.4) is 0 Å². The van der Waals surface area contributed by atoms with Gasteiger partial charge < -0.3 is 15.3 Å². The van der Waals surface area contributed by atoms with Crippen LogP contribution in [-0.4, -0.2) is 30.3 Å². The lowest BCUT2D eigenvalue weighted by molar-refractivity contribution is 0.145. The van der Waals surface area contributed by atoms with E-state index >= 15 is 0 Å². The first kappa shape index (κ1) is 15.3. The molecule has 1 aliphatic heterocycles. The van der Waals surface area contributed by atoms with E-state index in [1.807, 2.05) is 17.0 Å². The molecule has 1 atom stereocenters. The summed E-state index contributed by atoms with van der Waals surface area (Å²) in [6.07, 6.45) is 2.28. The number of aliphatic hydroxyl groups excluding tert-OH is 1. The van der Waals surface area contributed by atoms with E-state index in [-0.39, 0.29) is 11.9 Å². The van der Waals surface area contributed by atoms with Crippen molar-refractivity contribution in [2.24, 2.45) is 0 Å². The van der Waals surface area contributed by atoms with Crippen LogP contribution in [0.4, 0.5) is 10.1 Å². The number of piperidine rings is 1. The number of anilines is 1. The fraction of sp³-hybridized carbons (Fsp3) is 0.625. The predicted octanol–water partition coefficient (Wildman–Crippen LogP) is 2.67. The second-order valence-corrected chi connectivity index (χ2v) is 5.69. The highest BCUT2D eigenvalue weighted by Gasteiger charge is 2.19. The summed E-state index contributed by atoms with van der Waals surface area (Å²) < 4.78 is 14.0. The summed E-state index contributed by atoms with van der Waals surface area (Å²) in [5, 5.41) is 13.0. The first-order valence-corrected chi connectivity index (χ1v) is 7.55. The largest absolute Gasteiger partial charge is 0.393 e. The van der Waals surface area contributed by atoms with Gasteiger partial charge in [-0.3, -0.25) is 0 Å². The molecule has 1 saturated heterocycles. The van der Waals surface area contributed by atoms with E-state index in [4.69, 9.17) is 0 Å². The fourth-order valence-electron chi connectivity index (χ4n) is 2.45. The van der Waals surface area contributed by atoms with Gasteiger partial charge in [-0.05, 0) is 43.9 Å². The molecule has 0 aliphatic carbocycles. The molecule has 3 nitrogen and oxygen atoms in total. The molecule has 1 aromatic rings. The molecule has 1 aromatic carbocycles. The molecule has 0 amide bonds. The Kier molecular flexibility index (Phi) is 5.38. The van der Waals surface area contributed by atoms with Gasteiger partial charge in [-0.15, -0.1) is 0 Å². The van der Waals surface area contributed by atoms with Gasteiger partial charge in [0.2, 0.25) is 0 Å². The van der Waals surface area contributed by atoms with Gasteiger partial charge in [0.15, 0.2) is 0 Å². The maximum absolute atomic E-state index is 14.0. The van der Waals surface area contributed by atoms with E-state index in [1.54, 1.807) is 6.07 Å². The van der Waals surface area contributed by atoms with Crippen LogP contribution in [0.5, 0.6) is 0 Å². The molecule has 112 valence electrons. The van der Waals surface area contributed by atoms with Crippen molar-refractivity contribution in [2.75, 3.05) is 18.0 Å². The van der Waals surface area contributed by atoms with Gasteiger partial charge in [0, 0.05) is 25.7 Å². The third-order valence-electron chi connectivity index (χ3n) is 4.08. The highest BCUT2D eigenvalue weighted by atomic mass is 19.1. The van der Waals surface area contributed by atoms with Crippen LogP contribution in [0.25, 0.3) is 0 Å². The van der Waals surface area contributed by atoms with E-state index < -0.39 is 0 Å². The topological polar surface area (TPSA) is 35.5 Å². The second-order valence-electron chi connectivity index (χ2n) is 5.69. The highest BCUT2D eigenvalue weighted by molar-refractivity contribution is 5.50. The molecule has 2 rings (SSSR count). The van der Waals surface area contributed by atoms with Crippen molar-refractivity contribution in [1.29, 1.82) is 0 Å². The third kappa shape index (κ3) is 3.93. The van der Waals surface area contributed by atoms with Gasteiger partial charge in [0.05, 0.1) is 11.8 Å². The normalized spacial score (nSPS) is 18.3. The van der Waals surface area contributed by atoms with Crippen LogP contribution in [-0.2, 0) is 6.54 Å². The monoisotopic (exact) mass is 280 g/mol. The van der Waals surface area contributed by atoms with Crippen LogP contribution >= 0.6 is 0 Å². The molecule has 1 fully saturated rings. The molecule has 2 N–H and O–H groups in total. The van der Waals surface area contributed by atoms with Crippen molar-refractivity contribution in [1.82, 2.24) is 5.32 Å². The van der Waals surface area contributed by atoms with Gasteiger partial charge in [0.1, 0.15) is 5.82 Å². The maximum atomic E-state index is 14.0. The number of aliphatic hydroxyl groups is 1. The molecule has 0 saturated carbocycles. The Morgan fingerprint density at radius 1 is 1.40 bits per heavy atom. The SMILES string of the molecule is CCC(C)NCc1ccc(F)c(N2CCC(O)CC2)c1. The summed E-state index contributed by atoms with van der Waals surface area (Å²) in [5.74, 6) is -0.173. The van der Waals surface area contributed by atoms with Crippen LogP contribution < -0.4 is 10.2 Å². The smallest absolute Gasteiger partial charge is 0.146 e. The summed E-state index contributed by atoms with van der Waals surface area (Å²) in [6, 6.07) is 5.79. The Morgan fingerprint density at radius 2 is 2.10 bits per heavy atom. The molecule has 0 aromatic heterocycles. The molecular weight excluding hydrogens is 255 g/mol. The average molecular weight is 280 g/mol. The lowest BCUT2D eigenvalue weighted by atomic mass is 10.1. The summed E-state index contributed by atoms with van der Waals surface area (Å²) in [7, 11) is 0.